The van der Waals surface area contributed by atoms with Crippen LogP contribution in [-0.4, -0.2) is 33.4 Å². The van der Waals surface area contributed by atoms with Gasteiger partial charge in [-0.05, 0) is 24.0 Å². The lowest BCUT2D eigenvalue weighted by Crippen LogP contribution is -2.42. The third-order valence-electron chi connectivity index (χ3n) is 5.48. The second kappa shape index (κ2) is 8.23. The van der Waals surface area contributed by atoms with Gasteiger partial charge in [0.1, 0.15) is 4.83 Å². The Labute approximate surface area is 185 Å². The van der Waals surface area contributed by atoms with E-state index in [0.29, 0.717) is 29.3 Å². The van der Waals surface area contributed by atoms with Gasteiger partial charge in [0.2, 0.25) is 0 Å². The molecule has 1 aliphatic heterocycles. The number of thiophene rings is 1. The number of H-pyrrole nitrogens is 1. The molecule has 6 nitrogen and oxygen atoms in total. The first-order valence-corrected chi connectivity index (χ1v) is 11.1. The van der Waals surface area contributed by atoms with Gasteiger partial charge in [0.05, 0.1) is 16.5 Å². The minimum atomic E-state index is -4.55. The summed E-state index contributed by atoms with van der Waals surface area (Å²) in [7, 11) is 0. The van der Waals surface area contributed by atoms with Crippen LogP contribution in [0.15, 0.2) is 33.9 Å². The van der Waals surface area contributed by atoms with Crippen molar-refractivity contribution in [2.24, 2.45) is 5.92 Å². The number of aromatic amines is 1. The van der Waals surface area contributed by atoms with Crippen LogP contribution in [0.3, 0.4) is 0 Å². The molecule has 0 spiro atoms. The molecule has 0 atom stereocenters. The molecule has 170 valence electrons. The normalized spacial score (nSPS) is 14.2. The number of halogens is 3. The number of nitrogens with zero attached hydrogens (tertiary/aromatic N) is 2. The maximum absolute atomic E-state index is 13.6. The highest BCUT2D eigenvalue weighted by atomic mass is 32.1. The lowest BCUT2D eigenvalue weighted by Gasteiger charge is -2.31. The molecular formula is C22H22F3N3O3S. The Balaban J connectivity index is 1.96. The third-order valence-corrected chi connectivity index (χ3v) is 6.69. The van der Waals surface area contributed by atoms with Crippen molar-refractivity contribution in [2.45, 2.75) is 39.4 Å². The van der Waals surface area contributed by atoms with E-state index in [2.05, 4.69) is 4.98 Å². The molecule has 4 rings (SSSR count). The molecule has 1 N–H and O–H groups in total. The molecule has 0 aliphatic carbocycles. The van der Waals surface area contributed by atoms with Gasteiger partial charge in [-0.2, -0.15) is 13.2 Å². The molecule has 1 aromatic carbocycles. The Kier molecular flexibility index (Phi) is 5.74. The Hall–Kier alpha value is -2.88. The number of aromatic nitrogens is 2. The van der Waals surface area contributed by atoms with Gasteiger partial charge in [0, 0.05) is 30.9 Å². The van der Waals surface area contributed by atoms with Gasteiger partial charge < -0.3 is 4.90 Å². The van der Waals surface area contributed by atoms with E-state index < -0.39 is 23.0 Å². The zero-order chi connectivity index (χ0) is 23.2. The number of alkyl halides is 3. The number of hydrogen-bond donors (Lipinski definition) is 1. The van der Waals surface area contributed by atoms with Crippen LogP contribution in [0.4, 0.5) is 13.2 Å². The Morgan fingerprint density at radius 3 is 2.47 bits per heavy atom. The van der Waals surface area contributed by atoms with E-state index in [-0.39, 0.29) is 34.8 Å². The summed E-state index contributed by atoms with van der Waals surface area (Å²) >= 11 is 1.04. The summed E-state index contributed by atoms with van der Waals surface area (Å²) in [6, 6.07) is 5.20. The highest BCUT2D eigenvalue weighted by molar-refractivity contribution is 7.19. The van der Waals surface area contributed by atoms with Gasteiger partial charge in [0.15, 0.2) is 0 Å². The van der Waals surface area contributed by atoms with Crippen LogP contribution >= 0.6 is 11.3 Å². The Bertz CT molecular complexity index is 1300. The fourth-order valence-corrected chi connectivity index (χ4v) is 5.19. The van der Waals surface area contributed by atoms with Crippen LogP contribution in [0, 0.1) is 5.92 Å². The predicted octanol–water partition coefficient (Wildman–Crippen LogP) is 3.86. The zero-order valence-corrected chi connectivity index (χ0v) is 18.4. The van der Waals surface area contributed by atoms with Gasteiger partial charge in [-0.3, -0.25) is 19.1 Å². The van der Waals surface area contributed by atoms with Gasteiger partial charge in [-0.1, -0.05) is 32.0 Å². The molecule has 1 aliphatic rings. The average molecular weight is 465 g/mol. The van der Waals surface area contributed by atoms with Gasteiger partial charge in [-0.15, -0.1) is 11.3 Å². The number of likely N-dealkylation sites (tertiary alicyclic amines) is 1. The van der Waals surface area contributed by atoms with Crippen molar-refractivity contribution < 1.29 is 18.0 Å². The van der Waals surface area contributed by atoms with Crippen LogP contribution in [0.1, 0.15) is 46.6 Å². The van der Waals surface area contributed by atoms with E-state index in [4.69, 9.17) is 0 Å². The summed E-state index contributed by atoms with van der Waals surface area (Å²) < 4.78 is 42.1. The number of hydrogen-bond acceptors (Lipinski definition) is 4. The molecule has 32 heavy (non-hydrogen) atoms. The monoisotopic (exact) mass is 465 g/mol. The molecule has 1 amide bonds. The smallest absolute Gasteiger partial charge is 0.338 e. The summed E-state index contributed by atoms with van der Waals surface area (Å²) in [6.45, 7) is 5.17. The zero-order valence-electron chi connectivity index (χ0n) is 17.6. The number of rotatable bonds is 5. The van der Waals surface area contributed by atoms with Crippen molar-refractivity contribution in [3.8, 4) is 0 Å². The molecule has 3 aromatic rings. The number of benzene rings is 1. The quantitative estimate of drug-likeness (QED) is 0.622. The number of carbonyl (C=O) groups excluding carboxylic acids is 1. The summed E-state index contributed by atoms with van der Waals surface area (Å²) in [4.78, 5) is 43.0. The summed E-state index contributed by atoms with van der Waals surface area (Å²) in [5.74, 6) is -0.310. The average Bonchev–Trinajstić information content (AvgIpc) is 3.02. The summed E-state index contributed by atoms with van der Waals surface area (Å²) in [5, 5.41) is 0.0756. The van der Waals surface area contributed by atoms with Crippen LogP contribution < -0.4 is 11.2 Å². The first-order valence-electron chi connectivity index (χ1n) is 10.3. The first kappa shape index (κ1) is 22.3. The number of nitrogens with one attached hydrogen (secondary N) is 1. The molecule has 3 heterocycles. The maximum atomic E-state index is 13.6. The van der Waals surface area contributed by atoms with E-state index in [1.807, 2.05) is 13.8 Å². The summed E-state index contributed by atoms with van der Waals surface area (Å²) in [5.41, 5.74) is -1.96. The summed E-state index contributed by atoms with van der Waals surface area (Å²) in [6.07, 6.45) is -3.89. The maximum Gasteiger partial charge on any atom is 0.416 e. The molecule has 1 saturated heterocycles. The number of carbonyl (C=O) groups is 1. The fraction of sp³-hybridized carbons (Fsp3) is 0.409. The molecule has 0 saturated carbocycles. The van der Waals surface area contributed by atoms with Crippen LogP contribution in [0.2, 0.25) is 0 Å². The van der Waals surface area contributed by atoms with Gasteiger partial charge in [0.25, 0.3) is 11.5 Å². The van der Waals surface area contributed by atoms with Gasteiger partial charge >= 0.3 is 11.9 Å². The topological polar surface area (TPSA) is 75.2 Å². The van der Waals surface area contributed by atoms with Crippen molar-refractivity contribution >= 4 is 27.5 Å². The number of fused-ring (bicyclic) bond motifs is 1. The molecule has 2 aromatic heterocycles. The number of amides is 1. The second-order valence-corrected chi connectivity index (χ2v) is 9.41. The highest BCUT2D eigenvalue weighted by Crippen LogP contribution is 2.37. The highest BCUT2D eigenvalue weighted by Gasteiger charge is 2.35. The van der Waals surface area contributed by atoms with Crippen molar-refractivity contribution in [1.29, 1.82) is 0 Å². The Morgan fingerprint density at radius 2 is 1.88 bits per heavy atom. The van der Waals surface area contributed by atoms with E-state index in [1.165, 1.54) is 22.8 Å². The van der Waals surface area contributed by atoms with Crippen molar-refractivity contribution in [2.75, 3.05) is 13.1 Å². The first-order chi connectivity index (χ1) is 15.1. The minimum Gasteiger partial charge on any atom is -0.338 e. The van der Waals surface area contributed by atoms with Gasteiger partial charge in [-0.25, -0.2) is 4.79 Å². The van der Waals surface area contributed by atoms with E-state index in [0.717, 1.165) is 23.8 Å². The molecular weight excluding hydrogens is 443 g/mol. The van der Waals surface area contributed by atoms with Crippen LogP contribution in [0.25, 0.3) is 10.2 Å². The largest absolute Gasteiger partial charge is 0.416 e. The minimum absolute atomic E-state index is 0.0124. The van der Waals surface area contributed by atoms with E-state index >= 15 is 0 Å². The standard InChI is InChI=1S/C22H22F3N3O3S/c1-12(2)11-28-20-17(18(29)26-21(28)31)16(19(30)27-8-5-9-27)15(32-20)10-13-6-3-4-7-14(13)22(23,24)25/h3-4,6-7,12H,5,8-11H2,1-2H3,(H,26,29,31). The van der Waals surface area contributed by atoms with E-state index in [9.17, 15) is 27.6 Å². The molecule has 0 radical (unpaired) electrons. The second-order valence-electron chi connectivity index (χ2n) is 8.32. The van der Waals surface area contributed by atoms with Crippen molar-refractivity contribution in [1.82, 2.24) is 14.5 Å². The molecule has 10 heteroatoms. The molecule has 1 fully saturated rings. The molecule has 0 bridgehead atoms. The van der Waals surface area contributed by atoms with E-state index in [1.54, 1.807) is 4.90 Å². The third kappa shape index (κ3) is 3.99. The van der Waals surface area contributed by atoms with Crippen LogP contribution in [-0.2, 0) is 19.1 Å². The Morgan fingerprint density at radius 1 is 1.19 bits per heavy atom. The SMILES string of the molecule is CC(C)Cn1c(=O)[nH]c(=O)c2c(C(=O)N3CCC3)c(Cc3ccccc3C(F)(F)F)sc21. The lowest BCUT2D eigenvalue weighted by atomic mass is 10.00. The van der Waals surface area contributed by atoms with Crippen molar-refractivity contribution in [3.05, 3.63) is 66.7 Å². The fourth-order valence-electron chi connectivity index (χ4n) is 3.87. The predicted molar refractivity (Wildman–Crippen MR) is 116 cm³/mol. The van der Waals surface area contributed by atoms with Crippen LogP contribution in [0.5, 0.6) is 0 Å². The van der Waals surface area contributed by atoms with Crippen molar-refractivity contribution in [3.63, 3.8) is 0 Å². The molecule has 0 unspecified atom stereocenters. The lowest BCUT2D eigenvalue weighted by molar-refractivity contribution is -0.138.